The van der Waals surface area contributed by atoms with Crippen molar-refractivity contribution >= 4 is 0 Å². The fourth-order valence-corrected chi connectivity index (χ4v) is 1.66. The Morgan fingerprint density at radius 2 is 2.25 bits per heavy atom. The highest BCUT2D eigenvalue weighted by Gasteiger charge is 2.31. The van der Waals surface area contributed by atoms with Gasteiger partial charge in [-0.1, -0.05) is 0 Å². The van der Waals surface area contributed by atoms with Gasteiger partial charge in [0.2, 0.25) is 0 Å². The molecule has 1 saturated carbocycles. The molecule has 0 atom stereocenters. The number of hydrogen-bond donors (Lipinski definition) is 1. The molecule has 0 spiro atoms. The van der Waals surface area contributed by atoms with Gasteiger partial charge in [0.25, 0.3) is 0 Å². The molecule has 0 radical (unpaired) electrons. The molecule has 0 aromatic carbocycles. The Hall–Kier alpha value is -1.01. The lowest BCUT2D eigenvalue weighted by Crippen LogP contribution is -2.34. The van der Waals surface area contributed by atoms with Crippen LogP contribution in [-0.2, 0) is 0 Å². The van der Waals surface area contributed by atoms with Gasteiger partial charge in [0.05, 0.1) is 11.6 Å². The van der Waals surface area contributed by atoms with Crippen LogP contribution in [0.5, 0.6) is 0 Å². The molecular formula is C9H13N3. The molecule has 0 bridgehead atoms. The lowest BCUT2D eigenvalue weighted by Gasteiger charge is -2.26. The summed E-state index contributed by atoms with van der Waals surface area (Å²) in [6.07, 6.45) is 3.48. The molecule has 12 heavy (non-hydrogen) atoms. The lowest BCUT2D eigenvalue weighted by molar-refractivity contribution is 0.278. The third-order valence-corrected chi connectivity index (χ3v) is 2.62. The highest BCUT2D eigenvalue weighted by atomic mass is 15.2. The van der Waals surface area contributed by atoms with E-state index >= 15 is 0 Å². The van der Waals surface area contributed by atoms with Crippen LogP contribution >= 0.6 is 0 Å². The Labute approximate surface area is 72.4 Å². The predicted octanol–water partition coefficient (Wildman–Crippen LogP) is 0.591. The first-order valence-electron chi connectivity index (χ1n) is 4.43. The Kier molecular flexibility index (Phi) is 1.78. The summed E-state index contributed by atoms with van der Waals surface area (Å²) in [6, 6.07) is 2.93. The van der Waals surface area contributed by atoms with Crippen LogP contribution in [0, 0.1) is 11.3 Å². The first kappa shape index (κ1) is 7.63. The van der Waals surface area contributed by atoms with Crippen molar-refractivity contribution in [2.24, 2.45) is 5.73 Å². The Morgan fingerprint density at radius 1 is 1.50 bits per heavy atom. The van der Waals surface area contributed by atoms with E-state index in [0.29, 0.717) is 0 Å². The summed E-state index contributed by atoms with van der Waals surface area (Å²) < 4.78 is 0. The normalized spacial score (nSPS) is 25.6. The first-order chi connectivity index (χ1) is 5.81. The SMILES string of the molecule is N#CC1=C(N)CCN(C2CC2)C1. The monoisotopic (exact) mass is 163 g/mol. The number of nitriles is 1. The minimum Gasteiger partial charge on any atom is -0.401 e. The third kappa shape index (κ3) is 1.30. The van der Waals surface area contributed by atoms with Crippen LogP contribution in [0.2, 0.25) is 0 Å². The third-order valence-electron chi connectivity index (χ3n) is 2.62. The molecular weight excluding hydrogens is 150 g/mol. The first-order valence-corrected chi connectivity index (χ1v) is 4.43. The van der Waals surface area contributed by atoms with E-state index in [1.54, 1.807) is 0 Å². The van der Waals surface area contributed by atoms with Crippen LogP contribution in [0.4, 0.5) is 0 Å². The second-order valence-electron chi connectivity index (χ2n) is 3.57. The fraction of sp³-hybridized carbons (Fsp3) is 0.667. The van der Waals surface area contributed by atoms with Gasteiger partial charge < -0.3 is 5.73 Å². The summed E-state index contributed by atoms with van der Waals surface area (Å²) in [4.78, 5) is 2.37. The second kappa shape index (κ2) is 2.80. The molecule has 3 nitrogen and oxygen atoms in total. The van der Waals surface area contributed by atoms with Gasteiger partial charge in [-0.05, 0) is 12.8 Å². The van der Waals surface area contributed by atoms with Gasteiger partial charge in [-0.15, -0.1) is 0 Å². The predicted molar refractivity (Wildman–Crippen MR) is 46.0 cm³/mol. The average molecular weight is 163 g/mol. The minimum atomic E-state index is 0.751. The van der Waals surface area contributed by atoms with E-state index in [2.05, 4.69) is 11.0 Å². The zero-order chi connectivity index (χ0) is 8.55. The molecule has 2 N–H and O–H groups in total. The number of rotatable bonds is 1. The van der Waals surface area contributed by atoms with Gasteiger partial charge in [0, 0.05) is 31.2 Å². The van der Waals surface area contributed by atoms with E-state index in [1.165, 1.54) is 12.8 Å². The van der Waals surface area contributed by atoms with Gasteiger partial charge in [-0.2, -0.15) is 5.26 Å². The van der Waals surface area contributed by atoms with Gasteiger partial charge in [-0.3, -0.25) is 4.90 Å². The minimum absolute atomic E-state index is 0.751. The Morgan fingerprint density at radius 3 is 2.83 bits per heavy atom. The van der Waals surface area contributed by atoms with Crippen molar-refractivity contribution in [1.29, 1.82) is 5.26 Å². The molecule has 1 aliphatic carbocycles. The Bertz CT molecular complexity index is 257. The molecule has 0 amide bonds. The lowest BCUT2D eigenvalue weighted by atomic mass is 10.1. The standard InChI is InChI=1S/C9H13N3/c10-5-7-6-12(8-1-2-8)4-3-9(7)11/h8H,1-4,6,11H2. The zero-order valence-electron chi connectivity index (χ0n) is 7.08. The summed E-state index contributed by atoms with van der Waals surface area (Å²) in [5.41, 5.74) is 7.29. The quantitative estimate of drug-likeness (QED) is 0.615. The fourth-order valence-electron chi connectivity index (χ4n) is 1.66. The van der Waals surface area contributed by atoms with Gasteiger partial charge in [0.1, 0.15) is 0 Å². The van der Waals surface area contributed by atoms with Crippen LogP contribution in [-0.4, -0.2) is 24.0 Å². The molecule has 3 heteroatoms. The van der Waals surface area contributed by atoms with Crippen molar-refractivity contribution in [2.75, 3.05) is 13.1 Å². The van der Waals surface area contributed by atoms with E-state index in [-0.39, 0.29) is 0 Å². The Balaban J connectivity index is 2.06. The zero-order valence-corrected chi connectivity index (χ0v) is 7.08. The van der Waals surface area contributed by atoms with Crippen LogP contribution in [0.1, 0.15) is 19.3 Å². The maximum absolute atomic E-state index is 8.77. The maximum atomic E-state index is 8.77. The van der Waals surface area contributed by atoms with Crippen molar-refractivity contribution in [3.05, 3.63) is 11.3 Å². The van der Waals surface area contributed by atoms with Crippen LogP contribution < -0.4 is 5.73 Å². The van der Waals surface area contributed by atoms with Gasteiger partial charge in [0.15, 0.2) is 0 Å². The van der Waals surface area contributed by atoms with Crippen molar-refractivity contribution in [3.8, 4) is 6.07 Å². The van der Waals surface area contributed by atoms with E-state index in [1.807, 2.05) is 0 Å². The van der Waals surface area contributed by atoms with Crippen LogP contribution in [0.15, 0.2) is 11.3 Å². The van der Waals surface area contributed by atoms with Crippen LogP contribution in [0.25, 0.3) is 0 Å². The van der Waals surface area contributed by atoms with Gasteiger partial charge in [-0.25, -0.2) is 0 Å². The van der Waals surface area contributed by atoms with Crippen LogP contribution in [0.3, 0.4) is 0 Å². The summed E-state index contributed by atoms with van der Waals surface area (Å²) in [5, 5.41) is 8.77. The van der Waals surface area contributed by atoms with Crippen molar-refractivity contribution in [1.82, 2.24) is 4.90 Å². The average Bonchev–Trinajstić information content (AvgIpc) is 2.88. The number of hydrogen-bond acceptors (Lipinski definition) is 3. The summed E-state index contributed by atoms with van der Waals surface area (Å²) in [7, 11) is 0. The van der Waals surface area contributed by atoms with Gasteiger partial charge >= 0.3 is 0 Å². The van der Waals surface area contributed by atoms with E-state index < -0.39 is 0 Å². The molecule has 0 aromatic rings. The van der Waals surface area contributed by atoms with E-state index in [4.69, 9.17) is 11.0 Å². The van der Waals surface area contributed by atoms with E-state index in [0.717, 1.165) is 36.8 Å². The molecule has 1 aliphatic heterocycles. The molecule has 0 aromatic heterocycles. The molecule has 2 aliphatic rings. The summed E-state index contributed by atoms with van der Waals surface area (Å²) >= 11 is 0. The molecule has 0 unspecified atom stereocenters. The molecule has 2 rings (SSSR count). The maximum Gasteiger partial charge on any atom is 0.0979 e. The highest BCUT2D eigenvalue weighted by Crippen LogP contribution is 2.29. The molecule has 1 heterocycles. The highest BCUT2D eigenvalue weighted by molar-refractivity contribution is 5.30. The smallest absolute Gasteiger partial charge is 0.0979 e. The summed E-state index contributed by atoms with van der Waals surface area (Å²) in [5.74, 6) is 0. The number of nitrogens with two attached hydrogens (primary N) is 1. The molecule has 1 fully saturated rings. The molecule has 0 saturated heterocycles. The van der Waals surface area contributed by atoms with Crippen molar-refractivity contribution in [2.45, 2.75) is 25.3 Å². The van der Waals surface area contributed by atoms with Crippen molar-refractivity contribution < 1.29 is 0 Å². The van der Waals surface area contributed by atoms with E-state index in [9.17, 15) is 0 Å². The van der Waals surface area contributed by atoms with Crippen molar-refractivity contribution in [3.63, 3.8) is 0 Å². The second-order valence-corrected chi connectivity index (χ2v) is 3.57. The number of nitrogens with zero attached hydrogens (tertiary/aromatic N) is 2. The molecule has 64 valence electrons. The summed E-state index contributed by atoms with van der Waals surface area (Å²) in [6.45, 7) is 1.83. The largest absolute Gasteiger partial charge is 0.401 e. The topological polar surface area (TPSA) is 53.1 Å².